The first kappa shape index (κ1) is 35.5. The van der Waals surface area contributed by atoms with E-state index in [-0.39, 0.29) is 36.5 Å². The van der Waals surface area contributed by atoms with E-state index < -0.39 is 0 Å². The van der Waals surface area contributed by atoms with E-state index in [1.165, 1.54) is 0 Å². The maximum atomic E-state index is 12.9. The van der Waals surface area contributed by atoms with Crippen LogP contribution in [0.25, 0.3) is 0 Å². The second-order valence-corrected chi connectivity index (χ2v) is 14.6. The quantitative estimate of drug-likeness (QED) is 0.243. The molecule has 1 saturated carbocycles. The monoisotopic (exact) mass is 702 g/mol. The fourth-order valence-corrected chi connectivity index (χ4v) is 7.58. The summed E-state index contributed by atoms with van der Waals surface area (Å²) in [5.41, 5.74) is 6.14. The van der Waals surface area contributed by atoms with Crippen molar-refractivity contribution < 1.29 is 9.59 Å². The number of likely N-dealkylation sites (N-methyl/N-ethyl adjacent to an activating group) is 2. The molecule has 0 unspecified atom stereocenters. The summed E-state index contributed by atoms with van der Waals surface area (Å²) >= 11 is 0. The van der Waals surface area contributed by atoms with Crippen molar-refractivity contribution in [2.24, 2.45) is 0 Å². The Morgan fingerprint density at radius 2 is 1.04 bits per heavy atom. The molecule has 12 heteroatoms. The molecule has 12 nitrogen and oxygen atoms in total. The molecule has 52 heavy (non-hydrogen) atoms. The van der Waals surface area contributed by atoms with Crippen LogP contribution in [-0.2, 0) is 22.4 Å². The van der Waals surface area contributed by atoms with Crippen molar-refractivity contribution in [1.29, 1.82) is 0 Å². The molecule has 2 aromatic carbocycles. The molecule has 2 amide bonds. The smallest absolute Gasteiger partial charge is 0.229 e. The van der Waals surface area contributed by atoms with Gasteiger partial charge in [-0.1, -0.05) is 30.7 Å². The van der Waals surface area contributed by atoms with Gasteiger partial charge in [0.05, 0.1) is 24.2 Å². The zero-order valence-corrected chi connectivity index (χ0v) is 30.4. The highest BCUT2D eigenvalue weighted by Crippen LogP contribution is 2.40. The minimum absolute atomic E-state index is 0.107. The maximum absolute atomic E-state index is 12.9. The van der Waals surface area contributed by atoms with Crippen LogP contribution in [0.2, 0.25) is 0 Å². The summed E-state index contributed by atoms with van der Waals surface area (Å²) < 4.78 is 0. The summed E-state index contributed by atoms with van der Waals surface area (Å²) in [6, 6.07) is 24.2. The van der Waals surface area contributed by atoms with Gasteiger partial charge in [-0.15, -0.1) is 10.2 Å². The van der Waals surface area contributed by atoms with Gasteiger partial charge >= 0.3 is 0 Å². The Balaban J connectivity index is 0.883. The van der Waals surface area contributed by atoms with Crippen molar-refractivity contribution in [2.45, 2.75) is 50.4 Å². The Kier molecular flexibility index (Phi) is 11.3. The van der Waals surface area contributed by atoms with Gasteiger partial charge in [-0.05, 0) is 93.0 Å². The van der Waals surface area contributed by atoms with Gasteiger partial charge in [0.1, 0.15) is 0 Å². The third kappa shape index (κ3) is 9.29. The summed E-state index contributed by atoms with van der Waals surface area (Å²) in [7, 11) is 4.30. The van der Waals surface area contributed by atoms with Gasteiger partial charge in [-0.3, -0.25) is 9.59 Å². The average Bonchev–Trinajstić information content (AvgIpc) is 3.16. The number of nitrogens with one attached hydrogen (secondary N) is 2. The second kappa shape index (κ2) is 16.6. The lowest BCUT2D eigenvalue weighted by atomic mass is 9.78. The molecule has 2 saturated heterocycles. The number of aromatic nitrogens is 4. The average molecular weight is 703 g/mol. The van der Waals surface area contributed by atoms with E-state index in [1.54, 1.807) is 0 Å². The fraction of sp³-hybridized carbons (Fsp3) is 0.450. The molecule has 0 bridgehead atoms. The maximum Gasteiger partial charge on any atom is 0.229 e. The first-order valence-electron chi connectivity index (χ1n) is 18.7. The van der Waals surface area contributed by atoms with Crippen LogP contribution < -0.4 is 20.4 Å². The Labute approximate surface area is 306 Å². The largest absolute Gasteiger partial charge is 0.369 e. The van der Waals surface area contributed by atoms with Crippen LogP contribution in [0.1, 0.15) is 60.0 Å². The lowest BCUT2D eigenvalue weighted by Crippen LogP contribution is -2.44. The number of carbonyl (C=O) groups excluding carboxylic acids is 2. The molecular formula is C40H50N10O2. The number of anilines is 4. The molecule has 1 aliphatic carbocycles. The van der Waals surface area contributed by atoms with Crippen molar-refractivity contribution >= 4 is 34.8 Å². The van der Waals surface area contributed by atoms with Crippen molar-refractivity contribution in [3.8, 4) is 0 Å². The second-order valence-electron chi connectivity index (χ2n) is 14.6. The first-order chi connectivity index (χ1) is 25.3. The molecule has 0 spiro atoms. The highest BCUT2D eigenvalue weighted by Gasteiger charge is 2.27. The van der Waals surface area contributed by atoms with Crippen molar-refractivity contribution in [3.63, 3.8) is 0 Å². The number of hydrogen-bond donors (Lipinski definition) is 2. The van der Waals surface area contributed by atoms with Crippen LogP contribution in [0.3, 0.4) is 0 Å². The van der Waals surface area contributed by atoms with Crippen LogP contribution in [0.4, 0.5) is 23.0 Å². The summed E-state index contributed by atoms with van der Waals surface area (Å²) in [5, 5.41) is 23.6. The van der Waals surface area contributed by atoms with Gasteiger partial charge in [-0.2, -0.15) is 10.2 Å². The molecule has 4 heterocycles. The normalized spacial score (nSPS) is 20.0. The Hall–Kier alpha value is -4.94. The third-order valence-corrected chi connectivity index (χ3v) is 10.7. The lowest BCUT2D eigenvalue weighted by molar-refractivity contribution is -0.116. The summed E-state index contributed by atoms with van der Waals surface area (Å²) in [5.74, 6) is 1.20. The number of piperazine rings is 2. The summed E-state index contributed by atoms with van der Waals surface area (Å²) in [6.07, 6.45) is 4.56. The molecule has 7 rings (SSSR count). The minimum atomic E-state index is -0.107. The van der Waals surface area contributed by atoms with Crippen molar-refractivity contribution in [1.82, 2.24) is 30.2 Å². The molecule has 2 atom stereocenters. The van der Waals surface area contributed by atoms with E-state index in [0.717, 1.165) is 112 Å². The van der Waals surface area contributed by atoms with Gasteiger partial charge in [0, 0.05) is 75.6 Å². The summed E-state index contributed by atoms with van der Waals surface area (Å²) in [6.45, 7) is 8.11. The van der Waals surface area contributed by atoms with E-state index in [2.05, 4.69) is 89.0 Å². The standard InChI is InChI=1S/C40H50N10O2/c1-47-16-20-49(21-17-47)33-10-3-6-29(24-33)26-39(51)41-37-14-12-35(43-45-37)31-8-5-9-32(28-31)36-13-15-38(46-44-36)42-40(52)27-30-7-4-11-34(25-30)50-22-18-48(2)19-23-50/h3-4,6-7,10-15,24-25,31-32H,5,8-9,16-23,26-28H2,1-2H3,(H,41,45,51)(H,42,46,52)/t31-,32-/m0/s1. The lowest BCUT2D eigenvalue weighted by Gasteiger charge is -2.34. The van der Waals surface area contributed by atoms with Crippen LogP contribution in [-0.4, -0.2) is 108 Å². The SMILES string of the molecule is CN1CCN(c2cccc(CC(=O)Nc3ccc([C@H]4CCC[C@H](c5ccc(NC(=O)Cc6cccc(N7CCN(C)CC7)c6)nn5)C4)nn3)c2)CC1. The topological polar surface area (TPSA) is 123 Å². The third-order valence-electron chi connectivity index (χ3n) is 10.7. The van der Waals surface area contributed by atoms with Gasteiger partial charge in [-0.25, -0.2) is 0 Å². The number of rotatable bonds is 10. The molecule has 2 aliphatic heterocycles. The number of benzene rings is 2. The van der Waals surface area contributed by atoms with Gasteiger partial charge in [0.15, 0.2) is 11.6 Å². The summed E-state index contributed by atoms with van der Waals surface area (Å²) in [4.78, 5) is 35.2. The highest BCUT2D eigenvalue weighted by molar-refractivity contribution is 5.92. The van der Waals surface area contributed by atoms with Crippen molar-refractivity contribution in [2.75, 3.05) is 86.9 Å². The Bertz CT molecular complexity index is 1670. The van der Waals surface area contributed by atoms with E-state index in [9.17, 15) is 9.59 Å². The molecular weight excluding hydrogens is 653 g/mol. The number of hydrogen-bond acceptors (Lipinski definition) is 10. The molecule has 3 fully saturated rings. The van der Waals surface area contributed by atoms with Crippen LogP contribution in [0.5, 0.6) is 0 Å². The molecule has 4 aromatic rings. The van der Waals surface area contributed by atoms with Crippen LogP contribution in [0, 0.1) is 0 Å². The molecule has 3 aliphatic rings. The van der Waals surface area contributed by atoms with Crippen LogP contribution >= 0.6 is 0 Å². The zero-order chi connectivity index (χ0) is 35.9. The number of nitrogens with zero attached hydrogens (tertiary/aromatic N) is 8. The van der Waals surface area contributed by atoms with E-state index in [1.807, 2.05) is 48.5 Å². The van der Waals surface area contributed by atoms with Gasteiger partial charge < -0.3 is 30.2 Å². The Morgan fingerprint density at radius 3 is 1.44 bits per heavy atom. The van der Waals surface area contributed by atoms with E-state index in [0.29, 0.717) is 11.6 Å². The predicted octanol–water partition coefficient (Wildman–Crippen LogP) is 4.57. The molecule has 2 N–H and O–H groups in total. The fourth-order valence-electron chi connectivity index (χ4n) is 7.58. The minimum Gasteiger partial charge on any atom is -0.369 e. The predicted molar refractivity (Wildman–Crippen MR) is 205 cm³/mol. The molecule has 0 radical (unpaired) electrons. The molecule has 2 aromatic heterocycles. The molecule has 272 valence electrons. The number of amides is 2. The zero-order valence-electron chi connectivity index (χ0n) is 30.4. The van der Waals surface area contributed by atoms with Crippen LogP contribution in [0.15, 0.2) is 72.8 Å². The van der Waals surface area contributed by atoms with Crippen molar-refractivity contribution in [3.05, 3.63) is 95.3 Å². The Morgan fingerprint density at radius 1 is 0.596 bits per heavy atom. The van der Waals surface area contributed by atoms with Gasteiger partial charge in [0.2, 0.25) is 11.8 Å². The number of carbonyl (C=O) groups is 2. The van der Waals surface area contributed by atoms with Gasteiger partial charge in [0.25, 0.3) is 0 Å². The first-order valence-corrected chi connectivity index (χ1v) is 18.7. The highest BCUT2D eigenvalue weighted by atomic mass is 16.2. The van der Waals surface area contributed by atoms with E-state index in [4.69, 9.17) is 0 Å². The van der Waals surface area contributed by atoms with E-state index >= 15 is 0 Å².